The molecular weight excluding hydrogens is 232 g/mol. The quantitative estimate of drug-likeness (QED) is 0.292. The van der Waals surface area contributed by atoms with Crippen LogP contribution < -0.4 is 16.0 Å². The molecule has 0 aromatic rings. The number of hydrogen-bond donors (Lipinski definition) is 3. The van der Waals surface area contributed by atoms with Crippen molar-refractivity contribution in [1.29, 1.82) is 0 Å². The first-order chi connectivity index (χ1) is 8.39. The minimum atomic E-state index is -0.484. The number of hydrogen-bond acceptors (Lipinski definition) is 3. The van der Waals surface area contributed by atoms with E-state index in [4.69, 9.17) is 11.2 Å². The molecule has 3 N–H and O–H groups in total. The topological polar surface area (TPSA) is 74.8 Å². The highest BCUT2D eigenvalue weighted by Crippen LogP contribution is 2.05. The first-order valence-electron chi connectivity index (χ1n) is 5.74. The third kappa shape index (κ3) is 9.33. The van der Waals surface area contributed by atoms with Crippen molar-refractivity contribution >= 4 is 12.1 Å². The summed E-state index contributed by atoms with van der Waals surface area (Å²) in [5.74, 6) is 3.04. The number of nitrogens with zero attached hydrogens (tertiary/aromatic N) is 1. The standard InChI is InChI=1S/C12H22N4O2/c1-6-7-14-10(13-5)15-8-9-16-11(17)18-12(2,3)4/h1H,7-9H2,2-5H3,(H,16,17)(H2,13,14,15). The lowest BCUT2D eigenvalue weighted by atomic mass is 10.2. The van der Waals surface area contributed by atoms with Gasteiger partial charge in [0.25, 0.3) is 0 Å². The average Bonchev–Trinajstić information content (AvgIpc) is 2.26. The predicted octanol–water partition coefficient (Wildman–Crippen LogP) is 0.309. The Kier molecular flexibility index (Phi) is 7.36. The van der Waals surface area contributed by atoms with E-state index in [1.165, 1.54) is 0 Å². The number of alkyl carbamates (subject to hydrolysis) is 1. The third-order valence-electron chi connectivity index (χ3n) is 1.67. The van der Waals surface area contributed by atoms with Crippen LogP contribution in [0.15, 0.2) is 4.99 Å². The molecule has 0 aromatic heterocycles. The fraction of sp³-hybridized carbons (Fsp3) is 0.667. The zero-order valence-electron chi connectivity index (χ0n) is 11.5. The Morgan fingerprint density at radius 3 is 2.39 bits per heavy atom. The van der Waals surface area contributed by atoms with Crippen molar-refractivity contribution in [1.82, 2.24) is 16.0 Å². The molecule has 0 bridgehead atoms. The van der Waals surface area contributed by atoms with Gasteiger partial charge in [0, 0.05) is 20.1 Å². The van der Waals surface area contributed by atoms with Gasteiger partial charge in [-0.2, -0.15) is 0 Å². The molecule has 0 unspecified atom stereocenters. The molecule has 0 saturated carbocycles. The number of guanidine groups is 1. The predicted molar refractivity (Wildman–Crippen MR) is 72.4 cm³/mol. The first-order valence-corrected chi connectivity index (χ1v) is 5.74. The van der Waals surface area contributed by atoms with Crippen molar-refractivity contribution in [2.24, 2.45) is 4.99 Å². The number of amides is 1. The number of rotatable bonds is 4. The maximum absolute atomic E-state index is 11.3. The van der Waals surface area contributed by atoms with Gasteiger partial charge in [-0.3, -0.25) is 4.99 Å². The zero-order valence-corrected chi connectivity index (χ0v) is 11.5. The van der Waals surface area contributed by atoms with Crippen LogP contribution in [0, 0.1) is 12.3 Å². The van der Waals surface area contributed by atoms with Gasteiger partial charge in [0.15, 0.2) is 5.96 Å². The molecule has 6 heteroatoms. The summed E-state index contributed by atoms with van der Waals surface area (Å²) >= 11 is 0. The normalized spacial score (nSPS) is 11.4. The molecule has 0 aliphatic carbocycles. The second-order valence-electron chi connectivity index (χ2n) is 4.49. The fourth-order valence-corrected chi connectivity index (χ4v) is 1.02. The van der Waals surface area contributed by atoms with E-state index in [1.54, 1.807) is 7.05 Å². The van der Waals surface area contributed by atoms with Crippen molar-refractivity contribution in [3.63, 3.8) is 0 Å². The second kappa shape index (κ2) is 8.23. The molecule has 0 aromatic carbocycles. The number of terminal acetylenes is 1. The summed E-state index contributed by atoms with van der Waals surface area (Å²) in [6, 6.07) is 0. The number of carbonyl (C=O) groups excluding carboxylic acids is 1. The van der Waals surface area contributed by atoms with Crippen LogP contribution in [-0.2, 0) is 4.74 Å². The Hall–Kier alpha value is -1.90. The van der Waals surface area contributed by atoms with E-state index in [0.717, 1.165) is 0 Å². The van der Waals surface area contributed by atoms with Crippen molar-refractivity contribution in [3.8, 4) is 12.3 Å². The molecule has 0 rings (SSSR count). The van der Waals surface area contributed by atoms with Gasteiger partial charge in [0.2, 0.25) is 0 Å². The van der Waals surface area contributed by atoms with Crippen LogP contribution >= 0.6 is 0 Å². The van der Waals surface area contributed by atoms with Gasteiger partial charge in [0.05, 0.1) is 6.54 Å². The van der Waals surface area contributed by atoms with Gasteiger partial charge in [0.1, 0.15) is 5.60 Å². The summed E-state index contributed by atoms with van der Waals surface area (Å²) in [5.41, 5.74) is -0.484. The minimum absolute atomic E-state index is 0.402. The number of nitrogens with one attached hydrogen (secondary N) is 3. The first kappa shape index (κ1) is 16.1. The Bertz CT molecular complexity index is 326. The number of aliphatic imine (C=N–C) groups is 1. The monoisotopic (exact) mass is 254 g/mol. The van der Waals surface area contributed by atoms with Crippen LogP contribution in [0.25, 0.3) is 0 Å². The highest BCUT2D eigenvalue weighted by Gasteiger charge is 2.15. The Labute approximate surface area is 109 Å². The lowest BCUT2D eigenvalue weighted by molar-refractivity contribution is 0.0529. The van der Waals surface area contributed by atoms with E-state index in [-0.39, 0.29) is 0 Å². The third-order valence-corrected chi connectivity index (χ3v) is 1.67. The Morgan fingerprint density at radius 1 is 1.28 bits per heavy atom. The summed E-state index contributed by atoms with van der Waals surface area (Å²) < 4.78 is 5.09. The van der Waals surface area contributed by atoms with Crippen LogP contribution in [0.3, 0.4) is 0 Å². The SMILES string of the molecule is C#CCNC(=NC)NCCNC(=O)OC(C)(C)C. The molecule has 18 heavy (non-hydrogen) atoms. The van der Waals surface area contributed by atoms with Gasteiger partial charge >= 0.3 is 6.09 Å². The second-order valence-corrected chi connectivity index (χ2v) is 4.49. The van der Waals surface area contributed by atoms with E-state index in [1.807, 2.05) is 20.8 Å². The summed E-state index contributed by atoms with van der Waals surface area (Å²) in [7, 11) is 1.65. The van der Waals surface area contributed by atoms with Crippen molar-refractivity contribution in [2.75, 3.05) is 26.7 Å². The van der Waals surface area contributed by atoms with E-state index in [9.17, 15) is 4.79 Å². The number of ether oxygens (including phenoxy) is 1. The van der Waals surface area contributed by atoms with Crippen molar-refractivity contribution in [2.45, 2.75) is 26.4 Å². The molecule has 0 radical (unpaired) electrons. The lowest BCUT2D eigenvalue weighted by Gasteiger charge is -2.19. The van der Waals surface area contributed by atoms with Crippen LogP contribution in [0.5, 0.6) is 0 Å². The molecule has 6 nitrogen and oxygen atoms in total. The largest absolute Gasteiger partial charge is 0.444 e. The smallest absolute Gasteiger partial charge is 0.407 e. The van der Waals surface area contributed by atoms with Crippen LogP contribution in [-0.4, -0.2) is 44.3 Å². The molecule has 0 aliphatic rings. The highest BCUT2D eigenvalue weighted by atomic mass is 16.6. The van der Waals surface area contributed by atoms with Gasteiger partial charge in [-0.1, -0.05) is 5.92 Å². The van der Waals surface area contributed by atoms with E-state index >= 15 is 0 Å². The average molecular weight is 254 g/mol. The Morgan fingerprint density at radius 2 is 1.89 bits per heavy atom. The van der Waals surface area contributed by atoms with Crippen LogP contribution in [0.4, 0.5) is 4.79 Å². The molecule has 0 spiro atoms. The van der Waals surface area contributed by atoms with E-state index in [0.29, 0.717) is 25.6 Å². The highest BCUT2D eigenvalue weighted by molar-refractivity contribution is 5.79. The molecule has 0 heterocycles. The summed E-state index contributed by atoms with van der Waals surface area (Å²) in [6.45, 7) is 6.82. The molecule has 1 amide bonds. The maximum atomic E-state index is 11.3. The van der Waals surface area contributed by atoms with Gasteiger partial charge in [-0.05, 0) is 20.8 Å². The minimum Gasteiger partial charge on any atom is -0.444 e. The molecule has 0 fully saturated rings. The van der Waals surface area contributed by atoms with Crippen LogP contribution in [0.2, 0.25) is 0 Å². The van der Waals surface area contributed by atoms with Gasteiger partial charge in [-0.25, -0.2) is 4.79 Å². The van der Waals surface area contributed by atoms with Crippen LogP contribution in [0.1, 0.15) is 20.8 Å². The zero-order chi connectivity index (χ0) is 14.0. The molecule has 0 atom stereocenters. The lowest BCUT2D eigenvalue weighted by Crippen LogP contribution is -2.42. The van der Waals surface area contributed by atoms with Gasteiger partial charge < -0.3 is 20.7 Å². The van der Waals surface area contributed by atoms with Crippen molar-refractivity contribution in [3.05, 3.63) is 0 Å². The van der Waals surface area contributed by atoms with Crippen molar-refractivity contribution < 1.29 is 9.53 Å². The molecular formula is C12H22N4O2. The fourth-order valence-electron chi connectivity index (χ4n) is 1.02. The maximum Gasteiger partial charge on any atom is 0.407 e. The Balaban J connectivity index is 3.73. The summed E-state index contributed by atoms with van der Waals surface area (Å²) in [4.78, 5) is 15.3. The van der Waals surface area contributed by atoms with E-state index in [2.05, 4.69) is 26.9 Å². The number of carbonyl (C=O) groups is 1. The molecule has 0 saturated heterocycles. The summed E-state index contributed by atoms with van der Waals surface area (Å²) in [6.07, 6.45) is 4.68. The van der Waals surface area contributed by atoms with E-state index < -0.39 is 11.7 Å². The summed E-state index contributed by atoms with van der Waals surface area (Å²) in [5, 5.41) is 8.53. The van der Waals surface area contributed by atoms with Gasteiger partial charge in [-0.15, -0.1) is 6.42 Å². The molecule has 0 aliphatic heterocycles. The molecule has 102 valence electrons.